The fourth-order valence-electron chi connectivity index (χ4n) is 3.22. The van der Waals surface area contributed by atoms with E-state index in [-0.39, 0.29) is 12.5 Å². The molecule has 0 spiro atoms. The number of halogens is 2. The van der Waals surface area contributed by atoms with Gasteiger partial charge in [0, 0.05) is 5.02 Å². The van der Waals surface area contributed by atoms with Gasteiger partial charge in [0.2, 0.25) is 5.91 Å². The Balaban J connectivity index is 2.10. The summed E-state index contributed by atoms with van der Waals surface area (Å²) in [5.41, 5.74) is 0.491. The van der Waals surface area contributed by atoms with Crippen LogP contribution in [0, 0.1) is 5.92 Å². The van der Waals surface area contributed by atoms with E-state index >= 15 is 0 Å². The fraction of sp³-hybridized carbons (Fsp3) is 0.526. The summed E-state index contributed by atoms with van der Waals surface area (Å²) in [5, 5.41) is 16.0. The van der Waals surface area contributed by atoms with E-state index in [1.807, 2.05) is 13.8 Å². The normalized spacial score (nSPS) is 19.9. The number of amides is 1. The largest absolute Gasteiger partial charge is 0.552 e. The van der Waals surface area contributed by atoms with Crippen molar-refractivity contribution in [2.75, 3.05) is 26.0 Å². The molecule has 0 radical (unpaired) electrons. The van der Waals surface area contributed by atoms with Crippen molar-refractivity contribution in [1.29, 1.82) is 0 Å². The van der Waals surface area contributed by atoms with Crippen molar-refractivity contribution in [1.82, 2.24) is 10.2 Å². The van der Waals surface area contributed by atoms with Crippen LogP contribution in [0.3, 0.4) is 0 Å². The molecule has 0 bridgehead atoms. The van der Waals surface area contributed by atoms with Crippen LogP contribution >= 0.6 is 23.2 Å². The molecule has 1 aliphatic rings. The van der Waals surface area contributed by atoms with Crippen molar-refractivity contribution in [3.05, 3.63) is 28.2 Å². The molecule has 1 aromatic rings. The van der Waals surface area contributed by atoms with Gasteiger partial charge in [-0.3, -0.25) is 14.5 Å². The number of nitrogens with one attached hydrogen (secondary N) is 2. The van der Waals surface area contributed by atoms with Crippen molar-refractivity contribution in [2.24, 2.45) is 5.92 Å². The molecule has 1 aliphatic heterocycles. The Morgan fingerprint density at radius 3 is 2.55 bits per heavy atom. The third-order valence-electron chi connectivity index (χ3n) is 4.61. The Bertz CT molecular complexity index is 826. The lowest BCUT2D eigenvalue weighted by atomic mass is 9.72. The number of nitrogens with zero attached hydrogens (tertiary/aromatic N) is 1. The van der Waals surface area contributed by atoms with E-state index in [9.17, 15) is 19.5 Å². The highest BCUT2D eigenvalue weighted by Gasteiger charge is 2.50. The summed E-state index contributed by atoms with van der Waals surface area (Å²) in [5.74, 6) is -3.05. The molecule has 0 unspecified atom stereocenters. The number of rotatable bonds is 9. The molecule has 12 heteroatoms. The number of benzene rings is 1. The Morgan fingerprint density at radius 2 is 1.97 bits per heavy atom. The first-order chi connectivity index (χ1) is 14.5. The molecule has 1 heterocycles. The summed E-state index contributed by atoms with van der Waals surface area (Å²) in [6, 6.07) is 3.74. The highest BCUT2D eigenvalue weighted by atomic mass is 35.5. The van der Waals surface area contributed by atoms with Crippen LogP contribution < -0.4 is 10.6 Å². The van der Waals surface area contributed by atoms with E-state index in [0.29, 0.717) is 22.2 Å². The van der Waals surface area contributed by atoms with Crippen LogP contribution in [0.5, 0.6) is 0 Å². The van der Waals surface area contributed by atoms with Crippen LogP contribution in [0.2, 0.25) is 10.0 Å². The maximum absolute atomic E-state index is 12.5. The lowest BCUT2D eigenvalue weighted by Gasteiger charge is -2.37. The number of carboxylic acid groups (broad SMARTS) is 1. The zero-order valence-corrected chi connectivity index (χ0v) is 19.2. The van der Waals surface area contributed by atoms with Gasteiger partial charge in [0.25, 0.3) is 0 Å². The van der Waals surface area contributed by atoms with Gasteiger partial charge in [-0.25, -0.2) is 4.79 Å². The molecular weight excluding hydrogens is 448 g/mol. The topological polar surface area (TPSA) is 117 Å². The molecule has 0 aliphatic carbocycles. The van der Waals surface area contributed by atoms with E-state index in [0.717, 1.165) is 0 Å². The summed E-state index contributed by atoms with van der Waals surface area (Å²) < 4.78 is 11.0. The molecule has 1 saturated heterocycles. The summed E-state index contributed by atoms with van der Waals surface area (Å²) in [7, 11) is 1.89. The van der Waals surface area contributed by atoms with Crippen LogP contribution in [0.4, 0.5) is 5.69 Å². The van der Waals surface area contributed by atoms with Crippen LogP contribution in [-0.2, 0) is 23.7 Å². The highest BCUT2D eigenvalue weighted by molar-refractivity contribution is 6.50. The van der Waals surface area contributed by atoms with Gasteiger partial charge in [-0.1, -0.05) is 37.0 Å². The van der Waals surface area contributed by atoms with Crippen LogP contribution in [0.1, 0.15) is 20.3 Å². The Morgan fingerprint density at radius 1 is 1.29 bits per heavy atom. The molecule has 1 aromatic carbocycles. The van der Waals surface area contributed by atoms with Gasteiger partial charge in [-0.2, -0.15) is 0 Å². The summed E-state index contributed by atoms with van der Waals surface area (Å²) >= 11 is 12.0. The van der Waals surface area contributed by atoms with Crippen LogP contribution in [-0.4, -0.2) is 73.7 Å². The Kier molecular flexibility index (Phi) is 8.99. The molecule has 0 aromatic heterocycles. The average Bonchev–Trinajstić information content (AvgIpc) is 2.66. The number of carbonyl (C=O) groups is 3. The molecule has 0 saturated carbocycles. The van der Waals surface area contributed by atoms with Crippen molar-refractivity contribution < 1.29 is 28.8 Å². The maximum atomic E-state index is 12.5. The molecule has 1 fully saturated rings. The lowest BCUT2D eigenvalue weighted by molar-refractivity contribution is -0.165. The van der Waals surface area contributed by atoms with E-state index in [2.05, 4.69) is 10.6 Å². The summed E-state index contributed by atoms with van der Waals surface area (Å²) in [4.78, 5) is 38.1. The molecular formula is C19H26BCl2N3O6. The van der Waals surface area contributed by atoms with E-state index in [1.165, 1.54) is 4.90 Å². The first-order valence-electron chi connectivity index (χ1n) is 9.73. The molecule has 3 atom stereocenters. The monoisotopic (exact) mass is 473 g/mol. The Hall–Kier alpha value is -2.01. The van der Waals surface area contributed by atoms with Crippen LogP contribution in [0.15, 0.2) is 18.2 Å². The minimum Gasteiger partial charge on any atom is -0.507 e. The molecule has 170 valence electrons. The third-order valence-corrected chi connectivity index (χ3v) is 5.17. The number of carboxylic acids is 1. The van der Waals surface area contributed by atoms with E-state index in [1.54, 1.807) is 32.3 Å². The molecule has 9 nitrogen and oxygen atoms in total. The first-order valence-corrected chi connectivity index (χ1v) is 10.5. The standard InChI is InChI=1S/C19H26BCl2N3O6/c1-10(2)7-14(20-30-17(18(27)28)16(25(3)4)19(29)31-20)24-15(26)9-23-13-8-11(21)5-6-12(13)22/h5-6,8,10,14,16-17,23H,7,9H2,1-4H3,(H,24,26)(H,27,28)/t14-,16-,17+/m0/s1. The van der Waals surface area contributed by atoms with Gasteiger partial charge in [0.15, 0.2) is 6.10 Å². The Labute approximate surface area is 191 Å². The van der Waals surface area contributed by atoms with Crippen molar-refractivity contribution in [3.63, 3.8) is 0 Å². The van der Waals surface area contributed by atoms with Crippen molar-refractivity contribution >= 4 is 53.9 Å². The molecule has 3 N–H and O–H groups in total. The van der Waals surface area contributed by atoms with E-state index < -0.39 is 43.1 Å². The second kappa shape index (κ2) is 11.0. The number of aliphatic carboxylic acids is 1. The second-order valence-electron chi connectivity index (χ2n) is 7.89. The molecule has 31 heavy (non-hydrogen) atoms. The summed E-state index contributed by atoms with van der Waals surface area (Å²) in [6.45, 7) is 3.72. The molecule has 2 rings (SSSR count). The SMILES string of the molecule is CC(C)C[C@H](NC(=O)CNc1cc(Cl)ccc1Cl)B1OC(=O)[C@@H](N(C)C)[C@H](C(=O)O)O1. The number of anilines is 1. The zero-order valence-electron chi connectivity index (χ0n) is 17.7. The van der Waals surface area contributed by atoms with Gasteiger partial charge in [0.05, 0.1) is 23.2 Å². The fourth-order valence-corrected chi connectivity index (χ4v) is 3.58. The van der Waals surface area contributed by atoms with Crippen LogP contribution in [0.25, 0.3) is 0 Å². The van der Waals surface area contributed by atoms with Gasteiger partial charge in [0.1, 0.15) is 6.04 Å². The van der Waals surface area contributed by atoms with Gasteiger partial charge in [-0.05, 0) is 44.6 Å². The number of likely N-dealkylation sites (N-methyl/N-ethyl adjacent to an activating group) is 1. The predicted molar refractivity (Wildman–Crippen MR) is 118 cm³/mol. The minimum atomic E-state index is -1.42. The van der Waals surface area contributed by atoms with Crippen molar-refractivity contribution in [2.45, 2.75) is 38.4 Å². The first kappa shape index (κ1) is 25.3. The predicted octanol–water partition coefficient (Wildman–Crippen LogP) is 1.92. The number of carbonyl (C=O) groups excluding carboxylic acids is 2. The lowest BCUT2D eigenvalue weighted by Crippen LogP contribution is -2.63. The third kappa shape index (κ3) is 7.00. The number of hydrogen-bond acceptors (Lipinski definition) is 7. The average molecular weight is 474 g/mol. The van der Waals surface area contributed by atoms with E-state index in [4.69, 9.17) is 32.5 Å². The number of hydrogen-bond donors (Lipinski definition) is 3. The van der Waals surface area contributed by atoms with Gasteiger partial charge >= 0.3 is 19.1 Å². The van der Waals surface area contributed by atoms with Gasteiger partial charge < -0.3 is 25.0 Å². The minimum absolute atomic E-state index is 0.109. The highest BCUT2D eigenvalue weighted by Crippen LogP contribution is 2.25. The van der Waals surface area contributed by atoms with Gasteiger partial charge in [-0.15, -0.1) is 0 Å². The maximum Gasteiger partial charge on any atom is 0.552 e. The second-order valence-corrected chi connectivity index (χ2v) is 8.73. The quantitative estimate of drug-likeness (QED) is 0.465. The summed E-state index contributed by atoms with van der Waals surface area (Å²) in [6.07, 6.45) is -1.02. The zero-order chi connectivity index (χ0) is 23.3. The smallest absolute Gasteiger partial charge is 0.507 e. The molecule has 1 amide bonds. The van der Waals surface area contributed by atoms with Crippen molar-refractivity contribution in [3.8, 4) is 0 Å².